The summed E-state index contributed by atoms with van der Waals surface area (Å²) in [6, 6.07) is 0.0631. The highest BCUT2D eigenvalue weighted by Gasteiger charge is 2.05. The SMILES string of the molecule is COCCN=C(NN)NC(C)CS(C)=O. The van der Waals surface area contributed by atoms with Gasteiger partial charge >= 0.3 is 0 Å². The van der Waals surface area contributed by atoms with Crippen LogP contribution in [0.4, 0.5) is 0 Å². The van der Waals surface area contributed by atoms with Crippen molar-refractivity contribution in [1.29, 1.82) is 0 Å². The maximum absolute atomic E-state index is 10.9. The number of hydrogen-bond acceptors (Lipinski definition) is 4. The van der Waals surface area contributed by atoms with Crippen molar-refractivity contribution in [1.82, 2.24) is 10.7 Å². The average Bonchev–Trinajstić information content (AvgIpc) is 2.15. The predicted octanol–water partition coefficient (Wildman–Crippen LogP) is -1.19. The number of aliphatic imine (C=N–C) groups is 1. The fourth-order valence-electron chi connectivity index (χ4n) is 1.01. The van der Waals surface area contributed by atoms with Gasteiger partial charge in [0, 0.05) is 36.0 Å². The lowest BCUT2D eigenvalue weighted by molar-refractivity contribution is 0.208. The largest absolute Gasteiger partial charge is 0.383 e. The number of nitrogens with zero attached hydrogens (tertiary/aromatic N) is 1. The first-order valence-electron chi connectivity index (χ1n) is 4.66. The van der Waals surface area contributed by atoms with Crippen LogP contribution in [0.5, 0.6) is 0 Å². The van der Waals surface area contributed by atoms with E-state index in [2.05, 4.69) is 15.7 Å². The highest BCUT2D eigenvalue weighted by molar-refractivity contribution is 7.84. The number of rotatable bonds is 6. The molecule has 15 heavy (non-hydrogen) atoms. The summed E-state index contributed by atoms with van der Waals surface area (Å²) in [5.41, 5.74) is 2.45. The molecule has 0 spiro atoms. The molecule has 0 amide bonds. The van der Waals surface area contributed by atoms with Crippen LogP contribution in [0.25, 0.3) is 0 Å². The van der Waals surface area contributed by atoms with Crippen LogP contribution in [-0.4, -0.2) is 48.5 Å². The minimum atomic E-state index is -0.832. The van der Waals surface area contributed by atoms with E-state index in [1.54, 1.807) is 13.4 Å². The summed E-state index contributed by atoms with van der Waals surface area (Å²) in [6.07, 6.45) is 1.66. The second-order valence-corrected chi connectivity index (χ2v) is 4.63. The van der Waals surface area contributed by atoms with Crippen molar-refractivity contribution in [2.45, 2.75) is 13.0 Å². The lowest BCUT2D eigenvalue weighted by Crippen LogP contribution is -2.47. The van der Waals surface area contributed by atoms with Crippen molar-refractivity contribution >= 4 is 16.8 Å². The summed E-state index contributed by atoms with van der Waals surface area (Å²) in [5, 5.41) is 3.02. The molecule has 90 valence electrons. The Morgan fingerprint density at radius 3 is 2.80 bits per heavy atom. The molecule has 0 aromatic rings. The third-order valence-corrected chi connectivity index (χ3v) is 2.54. The first-order valence-corrected chi connectivity index (χ1v) is 6.39. The molecule has 0 aliphatic carbocycles. The van der Waals surface area contributed by atoms with Gasteiger partial charge in [-0.05, 0) is 6.92 Å². The molecule has 6 nitrogen and oxygen atoms in total. The number of nitrogens with two attached hydrogens (primary N) is 1. The van der Waals surface area contributed by atoms with Crippen molar-refractivity contribution in [2.75, 3.05) is 32.3 Å². The summed E-state index contributed by atoms with van der Waals surface area (Å²) in [6.45, 7) is 3.00. The Morgan fingerprint density at radius 1 is 1.67 bits per heavy atom. The first-order chi connectivity index (χ1) is 7.10. The Labute approximate surface area is 93.1 Å². The summed E-state index contributed by atoms with van der Waals surface area (Å²) < 4.78 is 15.8. The van der Waals surface area contributed by atoms with Gasteiger partial charge in [-0.15, -0.1) is 0 Å². The molecular weight excluding hydrogens is 216 g/mol. The van der Waals surface area contributed by atoms with E-state index >= 15 is 0 Å². The van der Waals surface area contributed by atoms with Gasteiger partial charge in [0.15, 0.2) is 0 Å². The Hall–Kier alpha value is -0.660. The molecule has 4 N–H and O–H groups in total. The van der Waals surface area contributed by atoms with Crippen molar-refractivity contribution in [3.63, 3.8) is 0 Å². The molecule has 0 aliphatic heterocycles. The van der Waals surface area contributed by atoms with Gasteiger partial charge < -0.3 is 10.1 Å². The summed E-state index contributed by atoms with van der Waals surface area (Å²) in [5.74, 6) is 6.33. The van der Waals surface area contributed by atoms with Gasteiger partial charge in [-0.2, -0.15) is 0 Å². The van der Waals surface area contributed by atoms with Crippen LogP contribution in [0.1, 0.15) is 6.92 Å². The Balaban J connectivity index is 3.96. The van der Waals surface area contributed by atoms with Gasteiger partial charge in [0.1, 0.15) is 0 Å². The number of hydrazine groups is 1. The van der Waals surface area contributed by atoms with E-state index in [0.29, 0.717) is 24.9 Å². The van der Waals surface area contributed by atoms with Crippen LogP contribution in [0.3, 0.4) is 0 Å². The van der Waals surface area contributed by atoms with Crippen LogP contribution < -0.4 is 16.6 Å². The average molecular weight is 236 g/mol. The highest BCUT2D eigenvalue weighted by Crippen LogP contribution is 1.85. The third-order valence-electron chi connectivity index (χ3n) is 1.57. The van der Waals surface area contributed by atoms with Crippen LogP contribution >= 0.6 is 0 Å². The van der Waals surface area contributed by atoms with Gasteiger partial charge in [-0.25, -0.2) is 10.8 Å². The van der Waals surface area contributed by atoms with Crippen LogP contribution in [0.2, 0.25) is 0 Å². The van der Waals surface area contributed by atoms with Gasteiger partial charge in [0.2, 0.25) is 5.96 Å². The number of methoxy groups -OCH3 is 1. The van der Waals surface area contributed by atoms with E-state index in [0.717, 1.165) is 0 Å². The molecule has 0 aromatic carbocycles. The van der Waals surface area contributed by atoms with E-state index in [9.17, 15) is 4.21 Å². The summed E-state index contributed by atoms with van der Waals surface area (Å²) in [4.78, 5) is 4.12. The monoisotopic (exact) mass is 236 g/mol. The minimum absolute atomic E-state index is 0.0631. The zero-order valence-corrected chi connectivity index (χ0v) is 10.3. The van der Waals surface area contributed by atoms with Gasteiger partial charge in [0.05, 0.1) is 13.2 Å². The van der Waals surface area contributed by atoms with E-state index in [-0.39, 0.29) is 6.04 Å². The minimum Gasteiger partial charge on any atom is -0.383 e. The number of nitrogens with one attached hydrogen (secondary N) is 2. The normalized spacial score (nSPS) is 15.9. The van der Waals surface area contributed by atoms with Gasteiger partial charge in [-0.1, -0.05) is 0 Å². The van der Waals surface area contributed by atoms with E-state index in [1.807, 2.05) is 6.92 Å². The second-order valence-electron chi connectivity index (χ2n) is 3.15. The number of hydrogen-bond donors (Lipinski definition) is 3. The molecule has 0 aromatic heterocycles. The smallest absolute Gasteiger partial charge is 0.206 e. The molecular formula is C8H20N4O2S. The molecule has 0 saturated carbocycles. The van der Waals surface area contributed by atoms with Crippen molar-refractivity contribution < 1.29 is 8.95 Å². The molecule has 0 aliphatic rings. The molecule has 0 fully saturated rings. The molecule has 0 heterocycles. The maximum Gasteiger partial charge on any atom is 0.206 e. The Morgan fingerprint density at radius 2 is 2.33 bits per heavy atom. The molecule has 7 heteroatoms. The molecule has 0 bridgehead atoms. The molecule has 2 atom stereocenters. The Bertz CT molecular complexity index is 223. The van der Waals surface area contributed by atoms with Crippen LogP contribution in [0, 0.1) is 0 Å². The van der Waals surface area contributed by atoms with E-state index in [4.69, 9.17) is 10.6 Å². The summed E-state index contributed by atoms with van der Waals surface area (Å²) in [7, 11) is 0.780. The topological polar surface area (TPSA) is 88.7 Å². The summed E-state index contributed by atoms with van der Waals surface area (Å²) >= 11 is 0. The number of ether oxygens (including phenoxy) is 1. The maximum atomic E-state index is 10.9. The van der Waals surface area contributed by atoms with Gasteiger partial charge in [0.25, 0.3) is 0 Å². The lowest BCUT2D eigenvalue weighted by Gasteiger charge is -2.15. The molecule has 2 unspecified atom stereocenters. The number of guanidine groups is 1. The fourth-order valence-corrected chi connectivity index (χ4v) is 1.80. The van der Waals surface area contributed by atoms with Crippen molar-refractivity contribution in [3.8, 4) is 0 Å². The zero-order valence-electron chi connectivity index (χ0n) is 9.45. The third kappa shape index (κ3) is 8.34. The standard InChI is InChI=1S/C8H20N4O2S/c1-7(6-15(3)13)11-8(12-9)10-4-5-14-2/h7H,4-6,9H2,1-3H3,(H2,10,11,12). The highest BCUT2D eigenvalue weighted by atomic mass is 32.2. The van der Waals surface area contributed by atoms with Crippen LogP contribution in [0.15, 0.2) is 4.99 Å². The molecule has 0 saturated heterocycles. The van der Waals surface area contributed by atoms with E-state index in [1.165, 1.54) is 0 Å². The van der Waals surface area contributed by atoms with E-state index < -0.39 is 10.8 Å². The predicted molar refractivity (Wildman–Crippen MR) is 63.0 cm³/mol. The van der Waals surface area contributed by atoms with Crippen molar-refractivity contribution in [2.24, 2.45) is 10.8 Å². The second kappa shape index (κ2) is 8.63. The first kappa shape index (κ1) is 14.3. The van der Waals surface area contributed by atoms with Gasteiger partial charge in [-0.3, -0.25) is 9.63 Å². The molecule has 0 radical (unpaired) electrons. The zero-order chi connectivity index (χ0) is 11.7. The molecule has 0 rings (SSSR count). The van der Waals surface area contributed by atoms with Crippen LogP contribution in [-0.2, 0) is 15.5 Å². The van der Waals surface area contributed by atoms with Crippen molar-refractivity contribution in [3.05, 3.63) is 0 Å². The quantitative estimate of drug-likeness (QED) is 0.177. The Kier molecular flexibility index (Phi) is 8.25. The fraction of sp³-hybridized carbons (Fsp3) is 0.875. The lowest BCUT2D eigenvalue weighted by atomic mass is 10.4.